The van der Waals surface area contributed by atoms with Crippen LogP contribution in [0.25, 0.3) is 0 Å². The maximum atomic E-state index is 11.9. The Hall–Kier alpha value is 0.721. The molecule has 9 heteroatoms. The molecule has 2 saturated heterocycles. The third-order valence-corrected chi connectivity index (χ3v) is 3.99. The topological polar surface area (TPSA) is 47.6 Å². The molecule has 0 atom stereocenters. The van der Waals surface area contributed by atoms with Gasteiger partial charge in [-0.1, -0.05) is 0 Å². The Morgan fingerprint density at radius 2 is 1.74 bits per heavy atom. The largest absolute Gasteiger partial charge is 1.00 e. The Balaban J connectivity index is 0.000000871. The second kappa shape index (κ2) is 9.43. The molecule has 4 nitrogen and oxygen atoms in total. The van der Waals surface area contributed by atoms with Crippen LogP contribution >= 0.6 is 0 Å². The van der Waals surface area contributed by atoms with Gasteiger partial charge in [-0.2, -0.15) is 6.42 Å². The maximum absolute atomic E-state index is 11.9. The zero-order valence-electron chi connectivity index (χ0n) is 14.4. The Morgan fingerprint density at radius 1 is 1.26 bits per heavy atom. The number of ether oxygens (including phenoxy) is 2. The average Bonchev–Trinajstić information content (AvgIpc) is 2.37. The van der Waals surface area contributed by atoms with Gasteiger partial charge in [0.05, 0.1) is 12.1 Å². The number of halogens is 3. The maximum Gasteiger partial charge on any atom is 1.00 e. The van der Waals surface area contributed by atoms with Gasteiger partial charge in [-0.05, 0) is 46.5 Å². The summed E-state index contributed by atoms with van der Waals surface area (Å²) in [7, 11) is -3.67. The summed E-state index contributed by atoms with van der Waals surface area (Å²) in [6.45, 7) is 10.2. The smallest absolute Gasteiger partial charge is 0.444 e. The standard InChI is InChI=1S/C14H24NO3.BF3.K/c1-5-14-8-6-13(7-9-14,10-17-14)15-11(16)18-12(2,3)4;2-1(3)4;/h1,5-10H2,2-4H3,(H,15,16);;/q-1;;+1. The molecule has 1 N–H and O–H groups in total. The molecule has 0 spiro atoms. The van der Waals surface area contributed by atoms with E-state index < -0.39 is 13.1 Å². The van der Waals surface area contributed by atoms with E-state index in [0.29, 0.717) is 6.61 Å². The van der Waals surface area contributed by atoms with E-state index in [0.717, 1.165) is 32.1 Å². The number of hydrogen-bond acceptors (Lipinski definition) is 3. The summed E-state index contributed by atoms with van der Waals surface area (Å²) < 4.78 is 40.2. The number of amides is 1. The number of alkyl carbamates (subject to hydrolysis) is 1. The number of carbonyl (C=O) groups is 1. The minimum Gasteiger partial charge on any atom is -0.444 e. The Kier molecular flexibility index (Phi) is 9.72. The average molecular weight is 361 g/mol. The van der Waals surface area contributed by atoms with E-state index in [4.69, 9.17) is 9.47 Å². The Bertz CT molecular complexity index is 367. The Labute approximate surface area is 179 Å². The van der Waals surface area contributed by atoms with Gasteiger partial charge >= 0.3 is 65.0 Å². The summed E-state index contributed by atoms with van der Waals surface area (Å²) in [5.74, 6) is 0. The van der Waals surface area contributed by atoms with Crippen LogP contribution in [0.2, 0.25) is 0 Å². The summed E-state index contributed by atoms with van der Waals surface area (Å²) in [5.41, 5.74) is -0.710. The minimum absolute atomic E-state index is 0. The molecule has 1 saturated carbocycles. The zero-order chi connectivity index (χ0) is 17.0. The van der Waals surface area contributed by atoms with Crippen molar-refractivity contribution in [2.45, 2.75) is 69.6 Å². The molecule has 2 bridgehead atoms. The molecule has 1 amide bonds. The molecular formula is C14H24BF3KNO3. The van der Waals surface area contributed by atoms with Crippen LogP contribution < -0.4 is 56.7 Å². The molecule has 3 rings (SSSR count). The van der Waals surface area contributed by atoms with Crippen molar-refractivity contribution in [3.05, 3.63) is 6.92 Å². The Morgan fingerprint density at radius 3 is 2.04 bits per heavy atom. The van der Waals surface area contributed by atoms with Crippen molar-refractivity contribution in [1.29, 1.82) is 0 Å². The van der Waals surface area contributed by atoms with E-state index in [9.17, 15) is 17.7 Å². The number of carbonyl (C=O) groups excluding carboxylic acids is 1. The van der Waals surface area contributed by atoms with Crippen molar-refractivity contribution in [3.63, 3.8) is 0 Å². The van der Waals surface area contributed by atoms with Gasteiger partial charge in [-0.25, -0.2) is 4.79 Å². The predicted molar refractivity (Wildman–Crippen MR) is 78.3 cm³/mol. The van der Waals surface area contributed by atoms with E-state index in [2.05, 4.69) is 12.2 Å². The third kappa shape index (κ3) is 8.09. The molecule has 128 valence electrons. The molecular weight excluding hydrogens is 337 g/mol. The molecule has 0 radical (unpaired) electrons. The van der Waals surface area contributed by atoms with Crippen molar-refractivity contribution >= 4 is 13.6 Å². The van der Waals surface area contributed by atoms with Crippen molar-refractivity contribution in [3.8, 4) is 0 Å². The van der Waals surface area contributed by atoms with Crippen LogP contribution in [0.15, 0.2) is 0 Å². The van der Waals surface area contributed by atoms with Gasteiger partial charge in [0.15, 0.2) is 0 Å². The van der Waals surface area contributed by atoms with Crippen molar-refractivity contribution < 1.29 is 78.6 Å². The van der Waals surface area contributed by atoms with Crippen LogP contribution in [0.4, 0.5) is 17.7 Å². The summed E-state index contributed by atoms with van der Waals surface area (Å²) in [6.07, 6.45) is 4.35. The van der Waals surface area contributed by atoms with Gasteiger partial charge < -0.3 is 21.7 Å². The van der Waals surface area contributed by atoms with E-state index in [1.54, 1.807) is 0 Å². The molecule has 2 aliphatic heterocycles. The molecule has 1 aliphatic carbocycles. The van der Waals surface area contributed by atoms with Gasteiger partial charge in [0.1, 0.15) is 5.60 Å². The van der Waals surface area contributed by atoms with Crippen molar-refractivity contribution in [2.75, 3.05) is 6.61 Å². The second-order valence-corrected chi connectivity index (χ2v) is 6.88. The third-order valence-electron chi connectivity index (χ3n) is 3.99. The van der Waals surface area contributed by atoms with E-state index in [-0.39, 0.29) is 68.6 Å². The normalized spacial score (nSPS) is 28.8. The zero-order valence-corrected chi connectivity index (χ0v) is 17.5. The number of fused-ring (bicyclic) bond motifs is 3. The number of hydrogen-bond donors (Lipinski definition) is 1. The molecule has 0 aromatic rings. The van der Waals surface area contributed by atoms with Gasteiger partial charge in [0.25, 0.3) is 0 Å². The van der Waals surface area contributed by atoms with E-state index >= 15 is 0 Å². The summed E-state index contributed by atoms with van der Waals surface area (Å²) in [5, 5.41) is 3.01. The van der Waals surface area contributed by atoms with E-state index in [1.165, 1.54) is 0 Å². The van der Waals surface area contributed by atoms with Crippen LogP contribution in [0.1, 0.15) is 52.9 Å². The fourth-order valence-corrected chi connectivity index (χ4v) is 2.77. The fraction of sp³-hybridized carbons (Fsp3) is 0.857. The van der Waals surface area contributed by atoms with Crippen molar-refractivity contribution in [2.24, 2.45) is 0 Å². The van der Waals surface area contributed by atoms with Crippen molar-refractivity contribution in [1.82, 2.24) is 5.32 Å². The predicted octanol–water partition coefficient (Wildman–Crippen LogP) is 0.701. The first-order chi connectivity index (χ1) is 10.0. The van der Waals surface area contributed by atoms with Crippen LogP contribution in [0.5, 0.6) is 0 Å². The molecule has 0 aromatic carbocycles. The second-order valence-electron chi connectivity index (χ2n) is 6.88. The first kappa shape index (κ1) is 23.7. The van der Waals surface area contributed by atoms with Crippen LogP contribution in [-0.2, 0) is 9.47 Å². The van der Waals surface area contributed by atoms with Crippen LogP contribution in [0.3, 0.4) is 0 Å². The molecule has 23 heavy (non-hydrogen) atoms. The molecule has 3 fully saturated rings. The van der Waals surface area contributed by atoms with Gasteiger partial charge in [-0.15, -0.1) is 0 Å². The molecule has 3 aliphatic rings. The SMILES string of the molecule is FB(F)F.[CH2-]CC12CCC(NC(=O)OC(C)(C)C)(CC1)CO2.[K+]. The monoisotopic (exact) mass is 361 g/mol. The minimum atomic E-state index is -3.67. The molecule has 2 heterocycles. The van der Waals surface area contributed by atoms with E-state index in [1.807, 2.05) is 20.8 Å². The molecule has 0 unspecified atom stereocenters. The first-order valence-corrected chi connectivity index (χ1v) is 7.38. The molecule has 0 aromatic heterocycles. The van der Waals surface area contributed by atoms with Crippen LogP contribution in [-0.4, -0.2) is 37.0 Å². The summed E-state index contributed by atoms with van der Waals surface area (Å²) in [4.78, 5) is 11.9. The summed E-state index contributed by atoms with van der Waals surface area (Å²) >= 11 is 0. The van der Waals surface area contributed by atoms with Gasteiger partial charge in [0.2, 0.25) is 0 Å². The summed E-state index contributed by atoms with van der Waals surface area (Å²) in [6, 6.07) is 0. The number of nitrogens with one attached hydrogen (secondary N) is 1. The van der Waals surface area contributed by atoms with Crippen LogP contribution in [0, 0.1) is 6.92 Å². The fourth-order valence-electron chi connectivity index (χ4n) is 2.77. The number of rotatable bonds is 2. The van der Waals surface area contributed by atoms with Gasteiger partial charge in [-0.3, -0.25) is 12.9 Å². The van der Waals surface area contributed by atoms with Gasteiger partial charge in [0, 0.05) is 5.60 Å². The first-order valence-electron chi connectivity index (χ1n) is 7.38. The quantitative estimate of drug-likeness (QED) is 0.582.